The van der Waals surface area contributed by atoms with Crippen LogP contribution in [-0.2, 0) is 4.79 Å². The Labute approximate surface area is 126 Å². The fourth-order valence-corrected chi connectivity index (χ4v) is 3.28. The summed E-state index contributed by atoms with van der Waals surface area (Å²) in [6.45, 7) is 3.56. The number of anilines is 1. The maximum Gasteiger partial charge on any atom is 0.223 e. The Morgan fingerprint density at radius 3 is 2.30 bits per heavy atom. The minimum atomic E-state index is 0.233. The molecule has 0 aromatic heterocycles. The number of nitrogens with zero attached hydrogens (tertiary/aromatic N) is 2. The van der Waals surface area contributed by atoms with Crippen LogP contribution in [0, 0.1) is 5.41 Å². The summed E-state index contributed by atoms with van der Waals surface area (Å²) in [5, 5.41) is 0. The molecule has 3 rings (SSSR count). The second-order valence-corrected chi connectivity index (χ2v) is 6.35. The molecule has 0 unspecified atom stereocenters. The molecular formula is C16H22N2OS. The molecule has 0 bridgehead atoms. The average molecular weight is 290 g/mol. The molecule has 1 amide bonds. The van der Waals surface area contributed by atoms with Crippen molar-refractivity contribution in [3.63, 3.8) is 0 Å². The third kappa shape index (κ3) is 2.95. The minimum Gasteiger partial charge on any atom is -0.368 e. The first-order valence-corrected chi connectivity index (χ1v) is 8.04. The van der Waals surface area contributed by atoms with Crippen molar-refractivity contribution in [2.75, 3.05) is 36.8 Å². The Kier molecular flexibility index (Phi) is 3.92. The maximum atomic E-state index is 12.3. The molecular weight excluding hydrogens is 268 g/mol. The van der Waals surface area contributed by atoms with Crippen LogP contribution in [0.4, 0.5) is 5.69 Å². The van der Waals surface area contributed by atoms with Crippen LogP contribution in [0.15, 0.2) is 30.3 Å². The van der Waals surface area contributed by atoms with E-state index in [-0.39, 0.29) is 5.41 Å². The van der Waals surface area contributed by atoms with Crippen LogP contribution in [0.1, 0.15) is 19.3 Å². The summed E-state index contributed by atoms with van der Waals surface area (Å²) < 4.78 is 0. The molecule has 4 heteroatoms. The van der Waals surface area contributed by atoms with Crippen molar-refractivity contribution >= 4 is 24.2 Å². The predicted octanol–water partition coefficient (Wildman–Crippen LogP) is 2.44. The highest BCUT2D eigenvalue weighted by Gasteiger charge is 2.43. The van der Waals surface area contributed by atoms with Gasteiger partial charge in [0, 0.05) is 38.3 Å². The van der Waals surface area contributed by atoms with Crippen LogP contribution in [-0.4, -0.2) is 42.7 Å². The van der Waals surface area contributed by atoms with E-state index in [9.17, 15) is 4.79 Å². The summed E-state index contributed by atoms with van der Waals surface area (Å²) in [4.78, 5) is 16.7. The van der Waals surface area contributed by atoms with Gasteiger partial charge >= 0.3 is 0 Å². The summed E-state index contributed by atoms with van der Waals surface area (Å²) in [5.74, 6) is 1.17. The van der Waals surface area contributed by atoms with Crippen LogP contribution in [0.5, 0.6) is 0 Å². The Hall–Kier alpha value is -1.16. The van der Waals surface area contributed by atoms with E-state index in [2.05, 4.69) is 41.8 Å². The molecule has 1 saturated carbocycles. The molecule has 1 aliphatic carbocycles. The number of piperazine rings is 1. The highest BCUT2D eigenvalue weighted by atomic mass is 32.1. The molecule has 2 fully saturated rings. The molecule has 1 aliphatic heterocycles. The molecule has 0 spiro atoms. The predicted molar refractivity (Wildman–Crippen MR) is 85.4 cm³/mol. The summed E-state index contributed by atoms with van der Waals surface area (Å²) in [6.07, 6.45) is 3.04. The first-order valence-electron chi connectivity index (χ1n) is 7.41. The number of benzene rings is 1. The molecule has 1 heterocycles. The van der Waals surface area contributed by atoms with E-state index in [1.54, 1.807) is 0 Å². The van der Waals surface area contributed by atoms with E-state index in [0.717, 1.165) is 31.9 Å². The van der Waals surface area contributed by atoms with Gasteiger partial charge in [0.15, 0.2) is 0 Å². The van der Waals surface area contributed by atoms with Crippen LogP contribution >= 0.6 is 12.6 Å². The summed E-state index contributed by atoms with van der Waals surface area (Å²) in [5.41, 5.74) is 1.49. The van der Waals surface area contributed by atoms with Gasteiger partial charge in [0.2, 0.25) is 5.91 Å². The molecule has 2 aliphatic rings. The van der Waals surface area contributed by atoms with Gasteiger partial charge in [-0.15, -0.1) is 0 Å². The van der Waals surface area contributed by atoms with Crippen LogP contribution in [0.2, 0.25) is 0 Å². The van der Waals surface area contributed by atoms with Crippen molar-refractivity contribution in [1.29, 1.82) is 0 Å². The van der Waals surface area contributed by atoms with Gasteiger partial charge in [-0.3, -0.25) is 4.79 Å². The second kappa shape index (κ2) is 5.68. The fraction of sp³-hybridized carbons (Fsp3) is 0.562. The van der Waals surface area contributed by atoms with E-state index < -0.39 is 0 Å². The minimum absolute atomic E-state index is 0.233. The normalized spacial score (nSPS) is 20.9. The smallest absolute Gasteiger partial charge is 0.223 e. The van der Waals surface area contributed by atoms with Crippen LogP contribution < -0.4 is 4.90 Å². The number of carbonyl (C=O) groups excluding carboxylic acids is 1. The first-order chi connectivity index (χ1) is 9.72. The van der Waals surface area contributed by atoms with E-state index in [1.165, 1.54) is 18.5 Å². The Morgan fingerprint density at radius 2 is 1.75 bits per heavy atom. The summed E-state index contributed by atoms with van der Waals surface area (Å²) in [6, 6.07) is 10.4. The van der Waals surface area contributed by atoms with Gasteiger partial charge in [0.25, 0.3) is 0 Å². The Balaban J connectivity index is 1.52. The monoisotopic (exact) mass is 290 g/mol. The lowest BCUT2D eigenvalue weighted by Gasteiger charge is -2.36. The number of rotatable bonds is 4. The highest BCUT2D eigenvalue weighted by Crippen LogP contribution is 2.49. The fourth-order valence-electron chi connectivity index (χ4n) is 2.85. The van der Waals surface area contributed by atoms with E-state index in [1.807, 2.05) is 11.0 Å². The maximum absolute atomic E-state index is 12.3. The van der Waals surface area contributed by atoms with Gasteiger partial charge < -0.3 is 9.80 Å². The van der Waals surface area contributed by atoms with E-state index in [0.29, 0.717) is 12.3 Å². The van der Waals surface area contributed by atoms with Gasteiger partial charge in [-0.1, -0.05) is 18.2 Å². The second-order valence-electron chi connectivity index (χ2n) is 6.04. The number of thiol groups is 1. The van der Waals surface area contributed by atoms with Gasteiger partial charge in [0.05, 0.1) is 0 Å². The lowest BCUT2D eigenvalue weighted by molar-refractivity contribution is -0.132. The third-order valence-electron chi connectivity index (χ3n) is 4.57. The zero-order valence-electron chi connectivity index (χ0n) is 11.8. The number of hydrogen-bond acceptors (Lipinski definition) is 3. The molecule has 1 aromatic carbocycles. The highest BCUT2D eigenvalue weighted by molar-refractivity contribution is 7.80. The standard InChI is InChI=1S/C16H22N2OS/c19-15(12-16(13-20)6-7-16)18-10-8-17(9-11-18)14-4-2-1-3-5-14/h1-5,20H,6-13H2. The van der Waals surface area contributed by atoms with Crippen LogP contribution in [0.3, 0.4) is 0 Å². The lowest BCUT2D eigenvalue weighted by Crippen LogP contribution is -2.49. The third-order valence-corrected chi connectivity index (χ3v) is 5.24. The first kappa shape index (κ1) is 13.8. The molecule has 0 radical (unpaired) electrons. The van der Waals surface area contributed by atoms with E-state index >= 15 is 0 Å². The van der Waals surface area contributed by atoms with Gasteiger partial charge in [-0.2, -0.15) is 12.6 Å². The number of carbonyl (C=O) groups is 1. The van der Waals surface area contributed by atoms with Gasteiger partial charge in [-0.25, -0.2) is 0 Å². The Bertz CT molecular complexity index is 465. The molecule has 0 atom stereocenters. The molecule has 1 saturated heterocycles. The summed E-state index contributed by atoms with van der Waals surface area (Å²) in [7, 11) is 0. The van der Waals surface area contributed by atoms with Crippen molar-refractivity contribution in [2.24, 2.45) is 5.41 Å². The van der Waals surface area contributed by atoms with Crippen molar-refractivity contribution in [2.45, 2.75) is 19.3 Å². The average Bonchev–Trinajstić information content (AvgIpc) is 3.28. The molecule has 3 nitrogen and oxygen atoms in total. The molecule has 20 heavy (non-hydrogen) atoms. The largest absolute Gasteiger partial charge is 0.368 e. The zero-order chi connectivity index (χ0) is 14.0. The van der Waals surface area contributed by atoms with Crippen molar-refractivity contribution < 1.29 is 4.79 Å². The van der Waals surface area contributed by atoms with Crippen LogP contribution in [0.25, 0.3) is 0 Å². The lowest BCUT2D eigenvalue weighted by atomic mass is 10.0. The molecule has 1 aromatic rings. The van der Waals surface area contributed by atoms with Crippen molar-refractivity contribution in [3.05, 3.63) is 30.3 Å². The molecule has 108 valence electrons. The van der Waals surface area contributed by atoms with Gasteiger partial charge in [0.1, 0.15) is 0 Å². The number of amides is 1. The van der Waals surface area contributed by atoms with Crippen molar-refractivity contribution in [3.8, 4) is 0 Å². The number of hydrogen-bond donors (Lipinski definition) is 1. The SMILES string of the molecule is O=C(CC1(CS)CC1)N1CCN(c2ccccc2)CC1. The topological polar surface area (TPSA) is 23.6 Å². The van der Waals surface area contributed by atoms with Crippen molar-refractivity contribution in [1.82, 2.24) is 4.90 Å². The zero-order valence-corrected chi connectivity index (χ0v) is 12.7. The Morgan fingerprint density at radius 1 is 1.10 bits per heavy atom. The van der Waals surface area contributed by atoms with Gasteiger partial charge in [-0.05, 0) is 36.1 Å². The van der Waals surface area contributed by atoms with E-state index in [4.69, 9.17) is 0 Å². The molecule has 0 N–H and O–H groups in total. The summed E-state index contributed by atoms with van der Waals surface area (Å²) >= 11 is 4.39. The quantitative estimate of drug-likeness (QED) is 0.861. The number of para-hydroxylation sites is 1.